The lowest BCUT2D eigenvalue weighted by atomic mass is 10.0. The molecule has 0 unspecified atom stereocenters. The maximum absolute atomic E-state index is 6.11. The van der Waals surface area contributed by atoms with Crippen LogP contribution < -0.4 is 5.73 Å². The SMILES string of the molecule is Nc1nc(Cl)c2c(n1)N=C1C(=CCc3cccnc31)S2. The molecule has 0 spiro atoms. The van der Waals surface area contributed by atoms with E-state index in [1.165, 1.54) is 11.8 Å². The van der Waals surface area contributed by atoms with E-state index in [0.29, 0.717) is 11.0 Å². The van der Waals surface area contributed by atoms with E-state index in [2.05, 4.69) is 32.1 Å². The number of hydrogen-bond acceptors (Lipinski definition) is 6. The summed E-state index contributed by atoms with van der Waals surface area (Å²) in [7, 11) is 0. The molecule has 2 aromatic rings. The molecule has 98 valence electrons. The Balaban J connectivity index is 1.96. The number of thioether (sulfide) groups is 1. The molecular weight excluding hydrogens is 294 g/mol. The third-order valence-electron chi connectivity index (χ3n) is 3.11. The lowest BCUT2D eigenvalue weighted by Crippen LogP contribution is -2.16. The number of nitrogens with zero attached hydrogens (tertiary/aromatic N) is 4. The molecule has 0 bridgehead atoms. The van der Waals surface area contributed by atoms with E-state index in [1.807, 2.05) is 6.07 Å². The van der Waals surface area contributed by atoms with Crippen molar-refractivity contribution in [2.24, 2.45) is 4.99 Å². The van der Waals surface area contributed by atoms with Crippen molar-refractivity contribution in [1.82, 2.24) is 15.0 Å². The molecule has 2 aliphatic rings. The van der Waals surface area contributed by atoms with Gasteiger partial charge in [0.05, 0.1) is 10.6 Å². The molecule has 0 atom stereocenters. The molecule has 2 aromatic heterocycles. The number of nitrogens with two attached hydrogens (primary N) is 1. The predicted molar refractivity (Wildman–Crippen MR) is 79.5 cm³/mol. The minimum absolute atomic E-state index is 0.128. The minimum atomic E-state index is 0.128. The molecule has 2 N–H and O–H groups in total. The molecule has 5 nitrogen and oxygen atoms in total. The highest BCUT2D eigenvalue weighted by Gasteiger charge is 2.28. The zero-order valence-corrected chi connectivity index (χ0v) is 11.7. The van der Waals surface area contributed by atoms with E-state index in [-0.39, 0.29) is 5.95 Å². The molecule has 4 rings (SSSR count). The smallest absolute Gasteiger partial charge is 0.223 e. The normalized spacial score (nSPS) is 15.7. The third-order valence-corrected chi connectivity index (χ3v) is 4.66. The highest BCUT2D eigenvalue weighted by Crippen LogP contribution is 2.45. The fraction of sp³-hybridized carbons (Fsp3) is 0.0769. The monoisotopic (exact) mass is 301 g/mol. The Morgan fingerprint density at radius 2 is 2.20 bits per heavy atom. The molecule has 7 heteroatoms. The number of nitrogen functional groups attached to an aromatic ring is 1. The number of aromatic nitrogens is 3. The van der Waals surface area contributed by atoms with Crippen molar-refractivity contribution in [3.63, 3.8) is 0 Å². The van der Waals surface area contributed by atoms with Crippen LogP contribution in [0.5, 0.6) is 0 Å². The molecular formula is C13H8ClN5S. The van der Waals surface area contributed by atoms with Gasteiger partial charge in [0.15, 0.2) is 11.0 Å². The molecule has 1 aliphatic carbocycles. The van der Waals surface area contributed by atoms with Gasteiger partial charge in [0.25, 0.3) is 0 Å². The van der Waals surface area contributed by atoms with Crippen LogP contribution in [-0.2, 0) is 6.42 Å². The summed E-state index contributed by atoms with van der Waals surface area (Å²) < 4.78 is 0. The fourth-order valence-electron chi connectivity index (χ4n) is 2.24. The van der Waals surface area contributed by atoms with Gasteiger partial charge in [-0.1, -0.05) is 35.5 Å². The maximum atomic E-state index is 6.11. The van der Waals surface area contributed by atoms with Gasteiger partial charge in [-0.15, -0.1) is 0 Å². The standard InChI is InChI=1S/C13H8ClN5S/c14-11-10-12(19-13(15)18-11)17-9-7(20-10)4-3-6-2-1-5-16-8(6)9/h1-2,4-5H,3H2,(H2,15,18,19). The fourth-order valence-corrected chi connectivity index (χ4v) is 3.46. The van der Waals surface area contributed by atoms with Gasteiger partial charge in [0.1, 0.15) is 5.71 Å². The van der Waals surface area contributed by atoms with Gasteiger partial charge in [0.2, 0.25) is 5.95 Å². The van der Waals surface area contributed by atoms with Gasteiger partial charge in [0, 0.05) is 11.1 Å². The zero-order valence-electron chi connectivity index (χ0n) is 10.2. The van der Waals surface area contributed by atoms with Crippen LogP contribution in [0.4, 0.5) is 11.8 Å². The summed E-state index contributed by atoms with van der Waals surface area (Å²) in [5.74, 6) is 0.640. The topological polar surface area (TPSA) is 77.0 Å². The minimum Gasteiger partial charge on any atom is -0.368 e. The number of fused-ring (bicyclic) bond motifs is 4. The second-order valence-electron chi connectivity index (χ2n) is 4.37. The van der Waals surface area contributed by atoms with E-state index < -0.39 is 0 Å². The van der Waals surface area contributed by atoms with Crippen LogP contribution in [0.15, 0.2) is 39.2 Å². The second-order valence-corrected chi connectivity index (χ2v) is 5.78. The Kier molecular flexibility index (Phi) is 2.55. The summed E-state index contributed by atoms with van der Waals surface area (Å²) in [6, 6.07) is 3.98. The number of halogens is 1. The van der Waals surface area contributed by atoms with Crippen molar-refractivity contribution in [3.05, 3.63) is 45.7 Å². The number of pyridine rings is 1. The summed E-state index contributed by atoms with van der Waals surface area (Å²) in [4.78, 5) is 18.9. The van der Waals surface area contributed by atoms with E-state index >= 15 is 0 Å². The maximum Gasteiger partial charge on any atom is 0.223 e. The summed E-state index contributed by atoms with van der Waals surface area (Å²) in [6.07, 6.45) is 4.74. The predicted octanol–water partition coefficient (Wildman–Crippen LogP) is 2.77. The van der Waals surface area contributed by atoms with Crippen LogP contribution in [0.25, 0.3) is 0 Å². The molecule has 0 aromatic carbocycles. The summed E-state index contributed by atoms with van der Waals surface area (Å²) in [5, 5.41) is 0.341. The molecule has 0 saturated heterocycles. The highest BCUT2D eigenvalue weighted by molar-refractivity contribution is 8.04. The van der Waals surface area contributed by atoms with Crippen molar-refractivity contribution in [2.75, 3.05) is 5.73 Å². The summed E-state index contributed by atoms with van der Waals surface area (Å²) in [5.41, 5.74) is 8.52. The van der Waals surface area contributed by atoms with Crippen molar-refractivity contribution < 1.29 is 0 Å². The van der Waals surface area contributed by atoms with Gasteiger partial charge >= 0.3 is 0 Å². The number of aliphatic imine (C=N–C) groups is 1. The van der Waals surface area contributed by atoms with Crippen LogP contribution in [0.2, 0.25) is 5.15 Å². The lowest BCUT2D eigenvalue weighted by Gasteiger charge is -2.22. The van der Waals surface area contributed by atoms with Gasteiger partial charge in [-0.25, -0.2) is 4.99 Å². The Labute approximate surface area is 124 Å². The Hall–Kier alpha value is -1.92. The van der Waals surface area contributed by atoms with Crippen LogP contribution in [0.1, 0.15) is 11.3 Å². The van der Waals surface area contributed by atoms with Crippen LogP contribution in [-0.4, -0.2) is 20.7 Å². The first-order chi connectivity index (χ1) is 9.72. The molecule has 0 amide bonds. The van der Waals surface area contributed by atoms with Gasteiger partial charge in [-0.05, 0) is 18.1 Å². The third kappa shape index (κ3) is 1.72. The summed E-state index contributed by atoms with van der Waals surface area (Å²) >= 11 is 7.63. The number of anilines is 1. The average Bonchev–Trinajstić information content (AvgIpc) is 2.45. The Morgan fingerprint density at radius 1 is 1.30 bits per heavy atom. The molecule has 20 heavy (non-hydrogen) atoms. The lowest BCUT2D eigenvalue weighted by molar-refractivity contribution is 1.08. The number of hydrogen-bond donors (Lipinski definition) is 1. The van der Waals surface area contributed by atoms with Crippen LogP contribution in [0, 0.1) is 0 Å². The summed E-state index contributed by atoms with van der Waals surface area (Å²) in [6.45, 7) is 0. The quantitative estimate of drug-likeness (QED) is 0.757. The van der Waals surface area contributed by atoms with Crippen molar-refractivity contribution in [1.29, 1.82) is 0 Å². The first-order valence-corrected chi connectivity index (χ1v) is 7.16. The first kappa shape index (κ1) is 11.9. The van der Waals surface area contributed by atoms with E-state index in [0.717, 1.165) is 33.2 Å². The van der Waals surface area contributed by atoms with Crippen molar-refractivity contribution in [2.45, 2.75) is 11.3 Å². The van der Waals surface area contributed by atoms with E-state index in [4.69, 9.17) is 17.3 Å². The first-order valence-electron chi connectivity index (χ1n) is 5.97. The molecule has 3 heterocycles. The molecule has 0 radical (unpaired) electrons. The zero-order chi connectivity index (χ0) is 13.7. The van der Waals surface area contributed by atoms with Crippen molar-refractivity contribution in [3.8, 4) is 0 Å². The number of allylic oxidation sites excluding steroid dienone is 2. The average molecular weight is 302 g/mol. The second kappa shape index (κ2) is 4.29. The van der Waals surface area contributed by atoms with Gasteiger partial charge < -0.3 is 5.73 Å². The van der Waals surface area contributed by atoms with Crippen LogP contribution in [0.3, 0.4) is 0 Å². The molecule has 0 fully saturated rings. The Morgan fingerprint density at radius 3 is 3.10 bits per heavy atom. The Bertz CT molecular complexity index is 799. The molecule has 0 saturated carbocycles. The van der Waals surface area contributed by atoms with E-state index in [9.17, 15) is 0 Å². The van der Waals surface area contributed by atoms with Crippen LogP contribution >= 0.6 is 23.4 Å². The van der Waals surface area contributed by atoms with Gasteiger partial charge in [-0.3, -0.25) is 4.98 Å². The highest BCUT2D eigenvalue weighted by atomic mass is 35.5. The largest absolute Gasteiger partial charge is 0.368 e. The number of rotatable bonds is 0. The van der Waals surface area contributed by atoms with Gasteiger partial charge in [-0.2, -0.15) is 9.97 Å². The van der Waals surface area contributed by atoms with Crippen molar-refractivity contribution >= 4 is 40.8 Å². The van der Waals surface area contributed by atoms with E-state index in [1.54, 1.807) is 6.20 Å². The molecule has 1 aliphatic heterocycles.